The molecule has 0 bridgehead atoms. The van der Waals surface area contributed by atoms with Gasteiger partial charge in [-0.15, -0.1) is 24.5 Å². The van der Waals surface area contributed by atoms with Gasteiger partial charge in [-0.1, -0.05) is 11.6 Å². The Morgan fingerprint density at radius 3 is 2.68 bits per heavy atom. The Morgan fingerprint density at radius 2 is 2.05 bits per heavy atom. The molecular formula is C11H5ClF3O3S. The number of ether oxygens (including phenoxy) is 2. The van der Waals surface area contributed by atoms with Crippen LogP contribution in [0.3, 0.4) is 0 Å². The maximum Gasteiger partial charge on any atom is 0.573 e. The van der Waals surface area contributed by atoms with Crippen LogP contribution in [-0.2, 0) is 16.1 Å². The fourth-order valence-electron chi connectivity index (χ4n) is 1.57. The Morgan fingerprint density at radius 1 is 1.32 bits per heavy atom. The van der Waals surface area contributed by atoms with Crippen LogP contribution >= 0.6 is 22.9 Å². The normalized spacial score (nSPS) is 11.6. The van der Waals surface area contributed by atoms with Gasteiger partial charge in [0.25, 0.3) is 0 Å². The van der Waals surface area contributed by atoms with Gasteiger partial charge in [0, 0.05) is 10.3 Å². The second-order valence-corrected chi connectivity index (χ2v) is 5.15. The minimum absolute atomic E-state index is 0.202. The largest absolute Gasteiger partial charge is 0.573 e. The second-order valence-electron chi connectivity index (χ2n) is 3.47. The standard InChI is InChI=1S/C11H5ClF3O3S/c12-9-3-6-1-8(18-11(13,14)15)2-7(4-17-5-16)10(6)19-9/h1-3H,4H2. The van der Waals surface area contributed by atoms with E-state index in [0.717, 1.165) is 6.07 Å². The van der Waals surface area contributed by atoms with Gasteiger partial charge in [-0.05, 0) is 23.6 Å². The van der Waals surface area contributed by atoms with Crippen LogP contribution in [0.5, 0.6) is 5.75 Å². The van der Waals surface area contributed by atoms with Crippen molar-refractivity contribution >= 4 is 39.5 Å². The molecule has 101 valence electrons. The second kappa shape index (κ2) is 5.26. The van der Waals surface area contributed by atoms with Crippen molar-refractivity contribution in [3.63, 3.8) is 0 Å². The Hall–Kier alpha value is -1.47. The maximum atomic E-state index is 12.2. The van der Waals surface area contributed by atoms with Gasteiger partial charge in [0.05, 0.1) is 4.34 Å². The minimum Gasteiger partial charge on any atom is -0.452 e. The predicted molar refractivity (Wildman–Crippen MR) is 64.0 cm³/mol. The molecule has 1 heterocycles. The SMILES string of the molecule is O=[C]OCc1cc(OC(F)(F)F)cc2cc(Cl)sc12. The summed E-state index contributed by atoms with van der Waals surface area (Å²) in [6.07, 6.45) is -4.79. The van der Waals surface area contributed by atoms with E-state index < -0.39 is 6.36 Å². The van der Waals surface area contributed by atoms with E-state index in [1.165, 1.54) is 29.9 Å². The highest BCUT2D eigenvalue weighted by Crippen LogP contribution is 2.36. The summed E-state index contributed by atoms with van der Waals surface area (Å²) in [4.78, 5) is 10.1. The molecule has 0 aliphatic heterocycles. The summed E-state index contributed by atoms with van der Waals surface area (Å²) in [6, 6.07) is 3.89. The summed E-state index contributed by atoms with van der Waals surface area (Å²) in [7, 11) is 0. The zero-order valence-corrected chi connectivity index (χ0v) is 10.7. The third-order valence-electron chi connectivity index (χ3n) is 2.16. The van der Waals surface area contributed by atoms with Crippen LogP contribution < -0.4 is 4.74 Å². The van der Waals surface area contributed by atoms with E-state index in [4.69, 9.17) is 11.6 Å². The number of benzene rings is 1. The molecule has 0 fully saturated rings. The molecule has 1 aromatic heterocycles. The van der Waals surface area contributed by atoms with Crippen molar-refractivity contribution in [2.45, 2.75) is 13.0 Å². The number of carbonyl (C=O) groups excluding carboxylic acids is 1. The summed E-state index contributed by atoms with van der Waals surface area (Å²) in [5.41, 5.74) is 0.372. The van der Waals surface area contributed by atoms with Gasteiger partial charge in [0.1, 0.15) is 12.4 Å². The first kappa shape index (κ1) is 14.0. The average Bonchev–Trinajstić information content (AvgIpc) is 2.64. The minimum atomic E-state index is -4.79. The van der Waals surface area contributed by atoms with E-state index in [-0.39, 0.29) is 12.4 Å². The van der Waals surface area contributed by atoms with Crippen molar-refractivity contribution in [3.05, 3.63) is 28.1 Å². The molecule has 0 saturated carbocycles. The Labute approximate surface area is 114 Å². The first-order chi connectivity index (χ1) is 8.89. The van der Waals surface area contributed by atoms with Crippen LogP contribution in [0, 0.1) is 0 Å². The molecule has 0 amide bonds. The number of hydrogen-bond acceptors (Lipinski definition) is 4. The van der Waals surface area contributed by atoms with Crippen molar-refractivity contribution in [1.82, 2.24) is 0 Å². The quantitative estimate of drug-likeness (QED) is 0.855. The monoisotopic (exact) mass is 309 g/mol. The molecule has 0 N–H and O–H groups in total. The van der Waals surface area contributed by atoms with Crippen molar-refractivity contribution in [1.29, 1.82) is 0 Å². The highest BCUT2D eigenvalue weighted by molar-refractivity contribution is 7.22. The molecule has 8 heteroatoms. The van der Waals surface area contributed by atoms with Crippen LogP contribution in [-0.4, -0.2) is 12.8 Å². The number of hydrogen-bond donors (Lipinski definition) is 0. The van der Waals surface area contributed by atoms with Gasteiger partial charge in [-0.25, -0.2) is 4.79 Å². The molecule has 19 heavy (non-hydrogen) atoms. The highest BCUT2D eigenvalue weighted by Gasteiger charge is 2.31. The third-order valence-corrected chi connectivity index (χ3v) is 3.51. The fourth-order valence-corrected chi connectivity index (χ4v) is 2.79. The van der Waals surface area contributed by atoms with Gasteiger partial charge in [0.15, 0.2) is 0 Å². The van der Waals surface area contributed by atoms with E-state index in [1.807, 2.05) is 0 Å². The molecule has 1 aromatic carbocycles. The predicted octanol–water partition coefficient (Wildman–Crippen LogP) is 4.04. The zero-order chi connectivity index (χ0) is 14.0. The molecule has 0 atom stereocenters. The third kappa shape index (κ3) is 3.51. The molecule has 2 aromatic rings. The van der Waals surface area contributed by atoms with Gasteiger partial charge < -0.3 is 9.47 Å². The van der Waals surface area contributed by atoms with Crippen LogP contribution in [0.1, 0.15) is 5.56 Å². The van der Waals surface area contributed by atoms with E-state index in [1.54, 1.807) is 0 Å². The fraction of sp³-hybridized carbons (Fsp3) is 0.182. The van der Waals surface area contributed by atoms with Crippen LogP contribution in [0.15, 0.2) is 18.2 Å². The molecule has 1 radical (unpaired) electrons. The number of rotatable bonds is 4. The van der Waals surface area contributed by atoms with E-state index in [0.29, 0.717) is 20.0 Å². The van der Waals surface area contributed by atoms with Crippen LogP contribution in [0.4, 0.5) is 13.2 Å². The Balaban J connectivity index is 2.46. The Bertz CT molecular complexity index is 609. The summed E-state index contributed by atoms with van der Waals surface area (Å²) in [5.74, 6) is -0.390. The lowest BCUT2D eigenvalue weighted by molar-refractivity contribution is -0.274. The van der Waals surface area contributed by atoms with E-state index in [2.05, 4.69) is 9.47 Å². The number of thiophene rings is 1. The van der Waals surface area contributed by atoms with Gasteiger partial charge >= 0.3 is 12.8 Å². The topological polar surface area (TPSA) is 35.5 Å². The molecule has 3 nitrogen and oxygen atoms in total. The first-order valence-corrected chi connectivity index (χ1v) is 6.05. The first-order valence-electron chi connectivity index (χ1n) is 4.85. The van der Waals surface area contributed by atoms with Crippen LogP contribution in [0.2, 0.25) is 4.34 Å². The van der Waals surface area contributed by atoms with Gasteiger partial charge in [0.2, 0.25) is 0 Å². The van der Waals surface area contributed by atoms with Crippen molar-refractivity contribution in [2.75, 3.05) is 0 Å². The van der Waals surface area contributed by atoms with Crippen molar-refractivity contribution < 1.29 is 27.4 Å². The molecule has 0 unspecified atom stereocenters. The van der Waals surface area contributed by atoms with Crippen molar-refractivity contribution in [3.8, 4) is 5.75 Å². The maximum absolute atomic E-state index is 12.2. The number of halogens is 4. The summed E-state index contributed by atoms with van der Waals surface area (Å²) >= 11 is 6.99. The van der Waals surface area contributed by atoms with E-state index >= 15 is 0 Å². The van der Waals surface area contributed by atoms with Gasteiger partial charge in [-0.3, -0.25) is 0 Å². The molecular weight excluding hydrogens is 305 g/mol. The summed E-state index contributed by atoms with van der Waals surface area (Å²) in [6.45, 7) is 1.01. The number of fused-ring (bicyclic) bond motifs is 1. The van der Waals surface area contributed by atoms with Crippen LogP contribution in [0.25, 0.3) is 10.1 Å². The van der Waals surface area contributed by atoms with Gasteiger partial charge in [-0.2, -0.15) is 0 Å². The van der Waals surface area contributed by atoms with Crippen molar-refractivity contribution in [2.24, 2.45) is 0 Å². The summed E-state index contributed by atoms with van der Waals surface area (Å²) < 4.78 is 45.9. The lowest BCUT2D eigenvalue weighted by Gasteiger charge is -2.10. The molecule has 0 spiro atoms. The molecule has 2 rings (SSSR count). The molecule has 0 saturated heterocycles. The smallest absolute Gasteiger partial charge is 0.452 e. The summed E-state index contributed by atoms with van der Waals surface area (Å²) in [5, 5.41) is 0.487. The lowest BCUT2D eigenvalue weighted by atomic mass is 10.1. The molecule has 0 aliphatic rings. The lowest BCUT2D eigenvalue weighted by Crippen LogP contribution is -2.17. The number of alkyl halides is 3. The average molecular weight is 310 g/mol. The molecule has 0 aliphatic carbocycles. The Kier molecular flexibility index (Phi) is 3.86. The highest BCUT2D eigenvalue weighted by atomic mass is 35.5. The zero-order valence-electron chi connectivity index (χ0n) is 9.08. The van der Waals surface area contributed by atoms with E-state index in [9.17, 15) is 18.0 Å².